The molecule has 0 spiro atoms. The second-order valence-corrected chi connectivity index (χ2v) is 6.04. The van der Waals surface area contributed by atoms with E-state index in [4.69, 9.17) is 5.73 Å². The van der Waals surface area contributed by atoms with Crippen LogP contribution in [0.1, 0.15) is 5.56 Å². The zero-order chi connectivity index (χ0) is 15.5. The van der Waals surface area contributed by atoms with Gasteiger partial charge in [-0.3, -0.25) is 4.72 Å². The Morgan fingerprint density at radius 3 is 2.43 bits per heavy atom. The molecule has 0 aliphatic heterocycles. The summed E-state index contributed by atoms with van der Waals surface area (Å²) >= 11 is 0. The first-order valence-corrected chi connectivity index (χ1v) is 7.68. The minimum absolute atomic E-state index is 0.235. The predicted molar refractivity (Wildman–Crippen MR) is 76.4 cm³/mol. The highest BCUT2D eigenvalue weighted by Gasteiger charge is 2.20. The Labute approximate surface area is 121 Å². The van der Waals surface area contributed by atoms with Gasteiger partial charge >= 0.3 is 0 Å². The number of para-hydroxylation sites is 1. The number of nitrogens with two attached hydrogens (primary N) is 1. The molecule has 21 heavy (non-hydrogen) atoms. The molecule has 2 aromatic carbocycles. The van der Waals surface area contributed by atoms with Crippen LogP contribution in [0.25, 0.3) is 0 Å². The van der Waals surface area contributed by atoms with Crippen LogP contribution in [0.5, 0.6) is 0 Å². The van der Waals surface area contributed by atoms with Gasteiger partial charge in [-0.15, -0.1) is 0 Å². The third-order valence-corrected chi connectivity index (χ3v) is 4.22. The van der Waals surface area contributed by atoms with Gasteiger partial charge in [0.2, 0.25) is 0 Å². The van der Waals surface area contributed by atoms with Crippen LogP contribution >= 0.6 is 0 Å². The zero-order valence-electron chi connectivity index (χ0n) is 11.0. The van der Waals surface area contributed by atoms with Crippen LogP contribution in [0.3, 0.4) is 0 Å². The summed E-state index contributed by atoms with van der Waals surface area (Å²) in [6, 6.07) is 8.99. The van der Waals surface area contributed by atoms with Crippen LogP contribution in [0.2, 0.25) is 0 Å². The average Bonchev–Trinajstić information content (AvgIpc) is 2.43. The van der Waals surface area contributed by atoms with Gasteiger partial charge in [0.05, 0.1) is 5.69 Å². The zero-order valence-corrected chi connectivity index (χ0v) is 11.8. The predicted octanol–water partition coefficient (Wildman–Crippen LogP) is 2.27. The number of hydrogen-bond acceptors (Lipinski definition) is 3. The summed E-state index contributed by atoms with van der Waals surface area (Å²) in [6.45, 7) is 0.311. The van der Waals surface area contributed by atoms with Gasteiger partial charge in [-0.2, -0.15) is 0 Å². The van der Waals surface area contributed by atoms with Crippen molar-refractivity contribution in [2.75, 3.05) is 11.3 Å². The highest BCUT2D eigenvalue weighted by molar-refractivity contribution is 7.92. The normalized spacial score (nSPS) is 11.4. The van der Waals surface area contributed by atoms with E-state index in [0.29, 0.717) is 18.5 Å². The molecule has 7 heteroatoms. The Balaban J connectivity index is 2.40. The summed E-state index contributed by atoms with van der Waals surface area (Å²) in [4.78, 5) is -0.531. The van der Waals surface area contributed by atoms with Crippen LogP contribution in [-0.2, 0) is 16.4 Å². The lowest BCUT2D eigenvalue weighted by molar-refractivity contribution is 0.568. The third kappa shape index (κ3) is 3.56. The molecular formula is C14H14F2N2O2S. The molecule has 0 aliphatic rings. The Hall–Kier alpha value is -1.99. The molecule has 0 amide bonds. The van der Waals surface area contributed by atoms with Gasteiger partial charge in [-0.25, -0.2) is 17.2 Å². The molecular weight excluding hydrogens is 298 g/mol. The molecule has 0 bridgehead atoms. The monoisotopic (exact) mass is 312 g/mol. The van der Waals surface area contributed by atoms with E-state index in [1.54, 1.807) is 0 Å². The van der Waals surface area contributed by atoms with Gasteiger partial charge in [-0.05, 0) is 42.8 Å². The average molecular weight is 312 g/mol. The number of anilines is 1. The summed E-state index contributed by atoms with van der Waals surface area (Å²) in [6.07, 6.45) is 0.419. The van der Waals surface area contributed by atoms with E-state index in [1.807, 2.05) is 4.72 Å². The maximum absolute atomic E-state index is 13.8. The standard InChI is InChI=1S/C14H14F2N2O2S/c15-11-3-1-2-4-13(11)18-21(19,20)14-9-10(7-8-17)5-6-12(14)16/h1-6,9,18H,7-8,17H2. The van der Waals surface area contributed by atoms with Crippen LogP contribution in [-0.4, -0.2) is 15.0 Å². The first-order valence-electron chi connectivity index (χ1n) is 6.20. The number of nitrogens with one attached hydrogen (secondary N) is 1. The van der Waals surface area contributed by atoms with Gasteiger partial charge in [0.15, 0.2) is 0 Å². The summed E-state index contributed by atoms with van der Waals surface area (Å²) in [7, 11) is -4.21. The molecule has 0 atom stereocenters. The van der Waals surface area contributed by atoms with Crippen molar-refractivity contribution >= 4 is 15.7 Å². The van der Waals surface area contributed by atoms with Crippen molar-refractivity contribution in [1.29, 1.82) is 0 Å². The van der Waals surface area contributed by atoms with Gasteiger partial charge in [-0.1, -0.05) is 18.2 Å². The third-order valence-electron chi connectivity index (χ3n) is 2.84. The largest absolute Gasteiger partial charge is 0.330 e. The van der Waals surface area contributed by atoms with Crippen LogP contribution in [0, 0.1) is 11.6 Å². The highest BCUT2D eigenvalue weighted by atomic mass is 32.2. The number of sulfonamides is 1. The summed E-state index contributed by atoms with van der Waals surface area (Å²) in [5.41, 5.74) is 5.75. The fourth-order valence-corrected chi connectivity index (χ4v) is 3.02. The smallest absolute Gasteiger partial charge is 0.264 e. The fourth-order valence-electron chi connectivity index (χ4n) is 1.82. The minimum Gasteiger partial charge on any atom is -0.330 e. The van der Waals surface area contributed by atoms with Crippen molar-refractivity contribution in [3.63, 3.8) is 0 Å². The molecule has 0 aromatic heterocycles. The van der Waals surface area contributed by atoms with Gasteiger partial charge < -0.3 is 5.73 Å². The fraction of sp³-hybridized carbons (Fsp3) is 0.143. The lowest BCUT2D eigenvalue weighted by Gasteiger charge is -2.11. The van der Waals surface area contributed by atoms with Gasteiger partial charge in [0.1, 0.15) is 16.5 Å². The van der Waals surface area contributed by atoms with E-state index in [-0.39, 0.29) is 5.69 Å². The summed E-state index contributed by atoms with van der Waals surface area (Å²) in [5.74, 6) is -1.64. The van der Waals surface area contributed by atoms with E-state index in [0.717, 1.165) is 12.1 Å². The minimum atomic E-state index is -4.21. The van der Waals surface area contributed by atoms with Crippen LogP contribution in [0.15, 0.2) is 47.4 Å². The molecule has 2 aromatic rings. The van der Waals surface area contributed by atoms with Crippen molar-refractivity contribution < 1.29 is 17.2 Å². The van der Waals surface area contributed by atoms with Crippen LogP contribution in [0.4, 0.5) is 14.5 Å². The number of benzene rings is 2. The van der Waals surface area contributed by atoms with E-state index < -0.39 is 26.6 Å². The molecule has 0 fully saturated rings. The maximum atomic E-state index is 13.8. The molecule has 3 N–H and O–H groups in total. The number of hydrogen-bond donors (Lipinski definition) is 2. The first-order chi connectivity index (χ1) is 9.94. The molecule has 4 nitrogen and oxygen atoms in total. The highest BCUT2D eigenvalue weighted by Crippen LogP contribution is 2.22. The lowest BCUT2D eigenvalue weighted by atomic mass is 10.1. The second kappa shape index (κ2) is 6.19. The molecule has 2 rings (SSSR count). The molecule has 0 aliphatic carbocycles. The van der Waals surface area contributed by atoms with Crippen LogP contribution < -0.4 is 10.5 Å². The Morgan fingerprint density at radius 1 is 1.05 bits per heavy atom. The van der Waals surface area contributed by atoms with E-state index in [2.05, 4.69) is 0 Å². The summed E-state index contributed by atoms with van der Waals surface area (Å²) in [5, 5.41) is 0. The molecule has 0 radical (unpaired) electrons. The summed E-state index contributed by atoms with van der Waals surface area (Å²) < 4.78 is 53.7. The number of rotatable bonds is 5. The molecule has 112 valence electrons. The first kappa shape index (κ1) is 15.4. The second-order valence-electron chi connectivity index (χ2n) is 4.39. The van der Waals surface area contributed by atoms with Crippen molar-refractivity contribution in [3.05, 3.63) is 59.7 Å². The molecule has 0 saturated heterocycles. The molecule has 0 heterocycles. The van der Waals surface area contributed by atoms with E-state index >= 15 is 0 Å². The van der Waals surface area contributed by atoms with Crippen molar-refractivity contribution in [3.8, 4) is 0 Å². The molecule has 0 unspecified atom stereocenters. The van der Waals surface area contributed by atoms with Crippen molar-refractivity contribution in [1.82, 2.24) is 0 Å². The van der Waals surface area contributed by atoms with Crippen molar-refractivity contribution in [2.24, 2.45) is 5.73 Å². The maximum Gasteiger partial charge on any atom is 0.264 e. The van der Waals surface area contributed by atoms with Crippen molar-refractivity contribution in [2.45, 2.75) is 11.3 Å². The SMILES string of the molecule is NCCc1ccc(F)c(S(=O)(=O)Nc2ccccc2F)c1. The Morgan fingerprint density at radius 2 is 1.76 bits per heavy atom. The van der Waals surface area contributed by atoms with E-state index in [1.165, 1.54) is 30.3 Å². The molecule has 0 saturated carbocycles. The Kier molecular flexibility index (Phi) is 4.54. The number of halogens is 2. The topological polar surface area (TPSA) is 72.2 Å². The Bertz CT molecular complexity index is 748. The lowest BCUT2D eigenvalue weighted by Crippen LogP contribution is -2.16. The van der Waals surface area contributed by atoms with Gasteiger partial charge in [0.25, 0.3) is 10.0 Å². The van der Waals surface area contributed by atoms with Gasteiger partial charge in [0, 0.05) is 0 Å². The quantitative estimate of drug-likeness (QED) is 0.889. The van der Waals surface area contributed by atoms with E-state index in [9.17, 15) is 17.2 Å².